The lowest BCUT2D eigenvalue weighted by atomic mass is 10.0. The van der Waals surface area contributed by atoms with Crippen LogP contribution in [0.1, 0.15) is 30.9 Å². The summed E-state index contributed by atoms with van der Waals surface area (Å²) in [6.07, 6.45) is 1.23. The monoisotopic (exact) mass is 279 g/mol. The van der Waals surface area contributed by atoms with Crippen LogP contribution in [0.2, 0.25) is 0 Å². The highest BCUT2D eigenvalue weighted by molar-refractivity contribution is 5.80. The fraction of sp³-hybridized carbons (Fsp3) is 0.467. The van der Waals surface area contributed by atoms with E-state index in [1.54, 1.807) is 0 Å². The number of alkyl carbamates (subject to hydrolysis) is 1. The van der Waals surface area contributed by atoms with Crippen molar-refractivity contribution in [3.63, 3.8) is 0 Å². The predicted molar refractivity (Wildman–Crippen MR) is 75.7 cm³/mol. The zero-order chi connectivity index (χ0) is 15.0. The Hall–Kier alpha value is -2.04. The van der Waals surface area contributed by atoms with Crippen molar-refractivity contribution >= 4 is 12.1 Å². The molecular weight excluding hydrogens is 258 g/mol. The number of rotatable bonds is 7. The van der Waals surface area contributed by atoms with Crippen molar-refractivity contribution in [2.24, 2.45) is 0 Å². The Morgan fingerprint density at radius 1 is 1.30 bits per heavy atom. The fourth-order valence-electron chi connectivity index (χ4n) is 1.65. The number of hydrogen-bond acceptors (Lipinski definition) is 3. The first-order valence-corrected chi connectivity index (χ1v) is 6.74. The SMILES string of the molecule is CCCCOC(=O)N[C@@H](Cc1ccc(C)cc1)C(=O)O. The van der Waals surface area contributed by atoms with Gasteiger partial charge in [-0.3, -0.25) is 0 Å². The first-order valence-electron chi connectivity index (χ1n) is 6.74. The van der Waals surface area contributed by atoms with Crippen molar-refractivity contribution in [3.05, 3.63) is 35.4 Å². The van der Waals surface area contributed by atoms with E-state index in [4.69, 9.17) is 9.84 Å². The predicted octanol–water partition coefficient (Wildman–Crippen LogP) is 2.52. The number of carbonyl (C=O) groups excluding carboxylic acids is 1. The van der Waals surface area contributed by atoms with Gasteiger partial charge in [0.1, 0.15) is 6.04 Å². The third kappa shape index (κ3) is 5.73. The quantitative estimate of drug-likeness (QED) is 0.752. The molecule has 0 saturated carbocycles. The summed E-state index contributed by atoms with van der Waals surface area (Å²) in [4.78, 5) is 22.6. The van der Waals surface area contributed by atoms with Gasteiger partial charge in [-0.25, -0.2) is 9.59 Å². The zero-order valence-electron chi connectivity index (χ0n) is 11.9. The maximum absolute atomic E-state index is 11.5. The highest BCUT2D eigenvalue weighted by atomic mass is 16.5. The molecule has 0 bridgehead atoms. The maximum atomic E-state index is 11.5. The number of carboxylic acids is 1. The first kappa shape index (κ1) is 16.0. The number of nitrogens with one attached hydrogen (secondary N) is 1. The van der Waals surface area contributed by atoms with Gasteiger partial charge in [-0.1, -0.05) is 43.2 Å². The Bertz CT molecular complexity index is 442. The molecule has 1 amide bonds. The van der Waals surface area contributed by atoms with Crippen molar-refractivity contribution in [3.8, 4) is 0 Å². The number of unbranched alkanes of at least 4 members (excludes halogenated alkanes) is 1. The number of ether oxygens (including phenoxy) is 1. The molecule has 0 aromatic heterocycles. The molecule has 1 atom stereocenters. The first-order chi connectivity index (χ1) is 9.52. The lowest BCUT2D eigenvalue weighted by molar-refractivity contribution is -0.139. The van der Waals surface area contributed by atoms with Crippen LogP contribution in [0.5, 0.6) is 0 Å². The summed E-state index contributed by atoms with van der Waals surface area (Å²) in [6, 6.07) is 6.55. The lowest BCUT2D eigenvalue weighted by Gasteiger charge is -2.14. The van der Waals surface area contributed by atoms with E-state index >= 15 is 0 Å². The minimum absolute atomic E-state index is 0.235. The molecule has 0 saturated heterocycles. The number of carbonyl (C=O) groups is 2. The largest absolute Gasteiger partial charge is 0.480 e. The van der Waals surface area contributed by atoms with Gasteiger partial charge in [0.15, 0.2) is 0 Å². The van der Waals surface area contributed by atoms with E-state index in [0.29, 0.717) is 6.61 Å². The molecule has 2 N–H and O–H groups in total. The normalized spacial score (nSPS) is 11.7. The van der Waals surface area contributed by atoms with Gasteiger partial charge in [-0.2, -0.15) is 0 Å². The van der Waals surface area contributed by atoms with E-state index < -0.39 is 18.1 Å². The van der Waals surface area contributed by atoms with Gasteiger partial charge in [0.05, 0.1) is 6.61 Å². The van der Waals surface area contributed by atoms with Gasteiger partial charge in [0.2, 0.25) is 0 Å². The van der Waals surface area contributed by atoms with Crippen LogP contribution in [0, 0.1) is 6.92 Å². The van der Waals surface area contributed by atoms with E-state index in [1.165, 1.54) is 0 Å². The number of carboxylic acid groups (broad SMARTS) is 1. The number of aryl methyl sites for hydroxylation is 1. The Morgan fingerprint density at radius 3 is 2.50 bits per heavy atom. The second-order valence-electron chi connectivity index (χ2n) is 4.71. The summed E-state index contributed by atoms with van der Waals surface area (Å²) >= 11 is 0. The van der Waals surface area contributed by atoms with Crippen molar-refractivity contribution in [2.45, 2.75) is 39.2 Å². The smallest absolute Gasteiger partial charge is 0.407 e. The van der Waals surface area contributed by atoms with Crippen molar-refractivity contribution in [2.75, 3.05) is 6.61 Å². The molecule has 1 aromatic rings. The van der Waals surface area contributed by atoms with Crippen LogP contribution in [-0.2, 0) is 16.0 Å². The van der Waals surface area contributed by atoms with E-state index in [9.17, 15) is 9.59 Å². The topological polar surface area (TPSA) is 75.6 Å². The average Bonchev–Trinajstić information content (AvgIpc) is 2.40. The van der Waals surface area contributed by atoms with Crippen molar-refractivity contribution in [1.29, 1.82) is 0 Å². The highest BCUT2D eigenvalue weighted by Gasteiger charge is 2.20. The van der Waals surface area contributed by atoms with Crippen LogP contribution in [0.25, 0.3) is 0 Å². The summed E-state index contributed by atoms with van der Waals surface area (Å²) < 4.78 is 4.91. The molecule has 0 heterocycles. The molecule has 1 rings (SSSR count). The Balaban J connectivity index is 2.54. The van der Waals surface area contributed by atoms with E-state index in [2.05, 4.69) is 5.32 Å². The highest BCUT2D eigenvalue weighted by Crippen LogP contribution is 2.06. The minimum atomic E-state index is -1.07. The summed E-state index contributed by atoms with van der Waals surface area (Å²) in [5, 5.41) is 11.5. The molecule has 0 aliphatic heterocycles. The van der Waals surface area contributed by atoms with Crippen LogP contribution in [0.15, 0.2) is 24.3 Å². The maximum Gasteiger partial charge on any atom is 0.407 e. The number of amides is 1. The average molecular weight is 279 g/mol. The van der Waals surface area contributed by atoms with Gasteiger partial charge in [0.25, 0.3) is 0 Å². The number of benzene rings is 1. The fourth-order valence-corrected chi connectivity index (χ4v) is 1.65. The van der Waals surface area contributed by atoms with Gasteiger partial charge >= 0.3 is 12.1 Å². The van der Waals surface area contributed by atoms with Gasteiger partial charge < -0.3 is 15.2 Å². The van der Waals surface area contributed by atoms with Gasteiger partial charge in [-0.15, -0.1) is 0 Å². The van der Waals surface area contributed by atoms with E-state index in [-0.39, 0.29) is 6.42 Å². The molecule has 1 aromatic carbocycles. The molecule has 110 valence electrons. The molecular formula is C15H21NO4. The Morgan fingerprint density at radius 2 is 1.95 bits per heavy atom. The van der Waals surface area contributed by atoms with Crippen LogP contribution < -0.4 is 5.32 Å². The van der Waals surface area contributed by atoms with Crippen molar-refractivity contribution in [1.82, 2.24) is 5.32 Å². The molecule has 5 heteroatoms. The number of hydrogen-bond donors (Lipinski definition) is 2. The summed E-state index contributed by atoms with van der Waals surface area (Å²) in [5.41, 5.74) is 1.96. The third-order valence-electron chi connectivity index (χ3n) is 2.88. The van der Waals surface area contributed by atoms with Crippen LogP contribution >= 0.6 is 0 Å². The van der Waals surface area contributed by atoms with Crippen molar-refractivity contribution < 1.29 is 19.4 Å². The molecule has 20 heavy (non-hydrogen) atoms. The molecule has 0 aliphatic carbocycles. The Kier molecular flexibility index (Phi) is 6.56. The summed E-state index contributed by atoms with van der Waals surface area (Å²) in [6.45, 7) is 4.25. The molecule has 0 fully saturated rings. The Labute approximate surface area is 118 Å². The second-order valence-corrected chi connectivity index (χ2v) is 4.71. The van der Waals surface area contributed by atoms with Gasteiger partial charge in [-0.05, 0) is 18.9 Å². The minimum Gasteiger partial charge on any atom is -0.480 e. The van der Waals surface area contributed by atoms with Crippen LogP contribution in [0.4, 0.5) is 4.79 Å². The zero-order valence-corrected chi connectivity index (χ0v) is 11.9. The lowest BCUT2D eigenvalue weighted by Crippen LogP contribution is -2.42. The standard InChI is InChI=1S/C15H21NO4/c1-3-4-9-20-15(19)16-13(14(17)18)10-12-7-5-11(2)6-8-12/h5-8,13H,3-4,9-10H2,1-2H3,(H,16,19)(H,17,18)/t13-/m0/s1. The second kappa shape index (κ2) is 8.19. The third-order valence-corrected chi connectivity index (χ3v) is 2.88. The molecule has 0 spiro atoms. The van der Waals surface area contributed by atoms with Gasteiger partial charge in [0, 0.05) is 6.42 Å². The summed E-state index contributed by atoms with van der Waals surface area (Å²) in [7, 11) is 0. The van der Waals surface area contributed by atoms with E-state index in [0.717, 1.165) is 24.0 Å². The molecule has 5 nitrogen and oxygen atoms in total. The number of aliphatic carboxylic acids is 1. The molecule has 0 aliphatic rings. The van der Waals surface area contributed by atoms with Crippen LogP contribution in [0.3, 0.4) is 0 Å². The van der Waals surface area contributed by atoms with E-state index in [1.807, 2.05) is 38.1 Å². The molecule has 0 radical (unpaired) electrons. The molecule has 0 unspecified atom stereocenters. The van der Waals surface area contributed by atoms with Crippen LogP contribution in [-0.4, -0.2) is 29.8 Å². The summed E-state index contributed by atoms with van der Waals surface area (Å²) in [5.74, 6) is -1.07.